The fraction of sp³-hybridized carbons (Fsp3) is 0.552. The molecule has 3 atom stereocenters. The number of hydrogen-bond acceptors (Lipinski definition) is 4. The van der Waals surface area contributed by atoms with Crippen LogP contribution in [0.5, 0.6) is 0 Å². The molecule has 5 rings (SSSR count). The predicted molar refractivity (Wildman–Crippen MR) is 151 cm³/mol. The minimum absolute atomic E-state index is 0.0160. The first-order valence-corrected chi connectivity index (χ1v) is 15.7. The lowest BCUT2D eigenvalue weighted by atomic mass is 9.89. The van der Waals surface area contributed by atoms with Gasteiger partial charge in [0, 0.05) is 37.7 Å². The number of likely N-dealkylation sites (N-methyl/N-ethyl adjacent to an activating group) is 1. The van der Waals surface area contributed by atoms with Crippen LogP contribution in [0.4, 0.5) is 4.79 Å². The normalized spacial score (nSPS) is 23.9. The first-order chi connectivity index (χ1) is 18.3. The smallest absolute Gasteiger partial charge is 0.318 e. The number of carbonyl (C=O) groups is 1. The summed E-state index contributed by atoms with van der Waals surface area (Å²) in [5, 5.41) is 3.89. The predicted octanol–water partition coefficient (Wildman–Crippen LogP) is 4.94. The van der Waals surface area contributed by atoms with Crippen LogP contribution in [-0.2, 0) is 10.0 Å². The SMILES string of the molecule is CN(C[C@@H](CCN1CCC(N2C(=O)N[C@@H]3CCCC[C@@H]32)CC1)c1cccc(Cl)c1)S(=O)(=O)c1ccccc1. The fourth-order valence-electron chi connectivity index (χ4n) is 6.50. The second kappa shape index (κ2) is 11.9. The molecule has 2 saturated heterocycles. The zero-order chi connectivity index (χ0) is 26.7. The molecular weight excluding hydrogens is 520 g/mol. The average Bonchev–Trinajstić information content (AvgIpc) is 3.27. The third kappa shape index (κ3) is 6.03. The van der Waals surface area contributed by atoms with Crippen molar-refractivity contribution in [3.8, 4) is 0 Å². The van der Waals surface area contributed by atoms with Gasteiger partial charge in [0.2, 0.25) is 10.0 Å². The van der Waals surface area contributed by atoms with Crippen molar-refractivity contribution >= 4 is 27.7 Å². The van der Waals surface area contributed by atoms with Gasteiger partial charge < -0.3 is 15.1 Å². The van der Waals surface area contributed by atoms with Gasteiger partial charge in [0.05, 0.1) is 17.0 Å². The van der Waals surface area contributed by atoms with Gasteiger partial charge in [-0.15, -0.1) is 0 Å². The van der Waals surface area contributed by atoms with Crippen molar-refractivity contribution in [1.82, 2.24) is 19.4 Å². The molecule has 206 valence electrons. The monoisotopic (exact) mass is 558 g/mol. The third-order valence-electron chi connectivity index (χ3n) is 8.62. The molecule has 2 amide bonds. The van der Waals surface area contributed by atoms with E-state index in [1.165, 1.54) is 17.1 Å². The Bertz CT molecular complexity index is 1200. The molecule has 1 N–H and O–H groups in total. The quantitative estimate of drug-likeness (QED) is 0.473. The van der Waals surface area contributed by atoms with Crippen molar-refractivity contribution in [2.75, 3.05) is 33.2 Å². The minimum atomic E-state index is -3.58. The largest absolute Gasteiger partial charge is 0.333 e. The van der Waals surface area contributed by atoms with Crippen LogP contribution in [-0.4, -0.2) is 79.9 Å². The number of benzene rings is 2. The molecule has 3 aliphatic rings. The summed E-state index contributed by atoms with van der Waals surface area (Å²) in [6.07, 6.45) is 7.44. The van der Waals surface area contributed by atoms with Crippen molar-refractivity contribution in [2.24, 2.45) is 0 Å². The molecule has 1 saturated carbocycles. The van der Waals surface area contributed by atoms with Crippen molar-refractivity contribution in [3.05, 3.63) is 65.2 Å². The number of rotatable bonds is 9. The molecular formula is C29H39ClN4O3S. The molecule has 0 unspecified atom stereocenters. The van der Waals surface area contributed by atoms with E-state index in [0.29, 0.717) is 34.6 Å². The van der Waals surface area contributed by atoms with Crippen LogP contribution in [0.25, 0.3) is 0 Å². The van der Waals surface area contributed by atoms with Crippen molar-refractivity contribution in [3.63, 3.8) is 0 Å². The van der Waals surface area contributed by atoms with E-state index in [4.69, 9.17) is 11.6 Å². The number of nitrogens with one attached hydrogen (secondary N) is 1. The van der Waals surface area contributed by atoms with Crippen LogP contribution in [0.3, 0.4) is 0 Å². The maximum Gasteiger partial charge on any atom is 0.318 e. The topological polar surface area (TPSA) is 73.0 Å². The Balaban J connectivity index is 1.21. The van der Waals surface area contributed by atoms with E-state index in [1.54, 1.807) is 31.3 Å². The summed E-state index contributed by atoms with van der Waals surface area (Å²) in [5.74, 6) is 0.0160. The Morgan fingerprint density at radius 3 is 2.50 bits per heavy atom. The Morgan fingerprint density at radius 2 is 1.76 bits per heavy atom. The van der Waals surface area contributed by atoms with Crippen LogP contribution < -0.4 is 5.32 Å². The number of likely N-dealkylation sites (tertiary alicyclic amines) is 1. The van der Waals surface area contributed by atoms with Gasteiger partial charge in [-0.1, -0.05) is 54.8 Å². The molecule has 0 spiro atoms. The molecule has 0 aromatic heterocycles. The van der Waals surface area contributed by atoms with Crippen LogP contribution in [0.15, 0.2) is 59.5 Å². The number of sulfonamides is 1. The standard InChI is InChI=1S/C29H39ClN4O3S/c1-32(38(36,37)26-10-3-2-4-11-26)21-23(22-8-7-9-24(30)20-22)14-17-33-18-15-25(16-19-33)34-28-13-6-5-12-27(28)31-29(34)35/h2-4,7-11,20,23,25,27-28H,5-6,12-19,21H2,1H3,(H,31,35)/t23-,27-,28+/m1/s1. The molecule has 2 aromatic rings. The lowest BCUT2D eigenvalue weighted by Crippen LogP contribution is -2.50. The first-order valence-electron chi connectivity index (χ1n) is 13.9. The molecule has 9 heteroatoms. The third-order valence-corrected chi connectivity index (χ3v) is 10.7. The maximum atomic E-state index is 13.2. The summed E-state index contributed by atoms with van der Waals surface area (Å²) < 4.78 is 27.9. The molecule has 1 aliphatic carbocycles. The maximum absolute atomic E-state index is 13.2. The molecule has 2 heterocycles. The second-order valence-electron chi connectivity index (χ2n) is 11.0. The van der Waals surface area contributed by atoms with Gasteiger partial charge in [-0.25, -0.2) is 17.5 Å². The Kier molecular flexibility index (Phi) is 8.62. The van der Waals surface area contributed by atoms with Crippen LogP contribution in [0, 0.1) is 0 Å². The number of amides is 2. The highest BCUT2D eigenvalue weighted by atomic mass is 35.5. The Labute approximate surface area is 232 Å². The van der Waals surface area contributed by atoms with Gasteiger partial charge in [0.15, 0.2) is 0 Å². The van der Waals surface area contributed by atoms with Crippen LogP contribution >= 0.6 is 11.6 Å². The number of urea groups is 1. The Hall–Kier alpha value is -2.13. The summed E-state index contributed by atoms with van der Waals surface area (Å²) in [6.45, 7) is 3.16. The van der Waals surface area contributed by atoms with Gasteiger partial charge in [-0.3, -0.25) is 0 Å². The summed E-state index contributed by atoms with van der Waals surface area (Å²) in [5.41, 5.74) is 1.06. The van der Waals surface area contributed by atoms with E-state index in [-0.39, 0.29) is 11.9 Å². The van der Waals surface area contributed by atoms with Crippen LogP contribution in [0.2, 0.25) is 5.02 Å². The highest BCUT2D eigenvalue weighted by molar-refractivity contribution is 7.89. The lowest BCUT2D eigenvalue weighted by molar-refractivity contribution is 0.100. The van der Waals surface area contributed by atoms with Gasteiger partial charge in [0.1, 0.15) is 0 Å². The van der Waals surface area contributed by atoms with E-state index < -0.39 is 10.0 Å². The van der Waals surface area contributed by atoms with E-state index in [1.807, 2.05) is 30.3 Å². The van der Waals surface area contributed by atoms with E-state index in [9.17, 15) is 13.2 Å². The number of carbonyl (C=O) groups excluding carboxylic acids is 1. The summed E-state index contributed by atoms with van der Waals surface area (Å²) in [4.78, 5) is 17.7. The van der Waals surface area contributed by atoms with E-state index >= 15 is 0 Å². The Morgan fingerprint density at radius 1 is 1.03 bits per heavy atom. The summed E-state index contributed by atoms with van der Waals surface area (Å²) >= 11 is 6.32. The molecule has 7 nitrogen and oxygen atoms in total. The number of hydrogen-bond donors (Lipinski definition) is 1. The molecule has 0 bridgehead atoms. The van der Waals surface area contributed by atoms with Gasteiger partial charge >= 0.3 is 6.03 Å². The highest BCUT2D eigenvalue weighted by Gasteiger charge is 2.44. The lowest BCUT2D eigenvalue weighted by Gasteiger charge is -2.40. The second-order valence-corrected chi connectivity index (χ2v) is 13.5. The molecule has 2 aromatic carbocycles. The summed E-state index contributed by atoms with van der Waals surface area (Å²) in [6, 6.07) is 17.5. The average molecular weight is 559 g/mol. The zero-order valence-corrected chi connectivity index (χ0v) is 23.7. The van der Waals surface area contributed by atoms with E-state index in [0.717, 1.165) is 57.3 Å². The summed E-state index contributed by atoms with van der Waals surface area (Å²) in [7, 11) is -1.93. The first kappa shape index (κ1) is 27.4. The van der Waals surface area contributed by atoms with Crippen molar-refractivity contribution in [1.29, 1.82) is 0 Å². The molecule has 0 radical (unpaired) electrons. The number of nitrogens with zero attached hydrogens (tertiary/aromatic N) is 3. The number of fused-ring (bicyclic) bond motifs is 1. The van der Waals surface area contributed by atoms with Crippen LogP contribution in [0.1, 0.15) is 56.4 Å². The highest BCUT2D eigenvalue weighted by Crippen LogP contribution is 2.33. The zero-order valence-electron chi connectivity index (χ0n) is 22.1. The molecule has 2 aliphatic heterocycles. The number of halogens is 1. The molecule has 3 fully saturated rings. The minimum Gasteiger partial charge on any atom is -0.333 e. The van der Waals surface area contributed by atoms with Gasteiger partial charge in [-0.05, 0) is 74.4 Å². The van der Waals surface area contributed by atoms with Gasteiger partial charge in [0.25, 0.3) is 0 Å². The van der Waals surface area contributed by atoms with E-state index in [2.05, 4.69) is 15.1 Å². The number of piperidine rings is 1. The molecule has 38 heavy (non-hydrogen) atoms. The fourth-order valence-corrected chi connectivity index (χ4v) is 7.93. The van der Waals surface area contributed by atoms with Crippen molar-refractivity contribution in [2.45, 2.75) is 73.9 Å². The van der Waals surface area contributed by atoms with Crippen molar-refractivity contribution < 1.29 is 13.2 Å². The van der Waals surface area contributed by atoms with Gasteiger partial charge in [-0.2, -0.15) is 0 Å².